The van der Waals surface area contributed by atoms with Gasteiger partial charge in [0.05, 0.1) is 18.3 Å². The van der Waals surface area contributed by atoms with Crippen molar-refractivity contribution in [1.82, 2.24) is 0 Å². The molecule has 2 nitrogen and oxygen atoms in total. The van der Waals surface area contributed by atoms with E-state index in [9.17, 15) is 5.11 Å². The highest BCUT2D eigenvalue weighted by Gasteiger charge is 2.42. The number of aryl methyl sites for hydroxylation is 1. The van der Waals surface area contributed by atoms with Crippen molar-refractivity contribution in [2.24, 2.45) is 0 Å². The topological polar surface area (TPSA) is 29.5 Å². The maximum absolute atomic E-state index is 9.64. The molecule has 4 rings (SSSR count). The molecule has 2 aromatic carbocycles. The van der Waals surface area contributed by atoms with Crippen LogP contribution in [0.5, 0.6) is 0 Å². The molecule has 0 aromatic heterocycles. The second-order valence-electron chi connectivity index (χ2n) is 8.06. The summed E-state index contributed by atoms with van der Waals surface area (Å²) in [5, 5.41) is 10.5. The molecule has 1 heterocycles. The molecule has 1 fully saturated rings. The van der Waals surface area contributed by atoms with E-state index in [-0.39, 0.29) is 18.3 Å². The summed E-state index contributed by atoms with van der Waals surface area (Å²) in [5.74, 6) is 0. The van der Waals surface area contributed by atoms with Gasteiger partial charge in [-0.1, -0.05) is 48.9 Å². The van der Waals surface area contributed by atoms with Crippen LogP contribution in [0.1, 0.15) is 66.8 Å². The lowest BCUT2D eigenvalue weighted by molar-refractivity contribution is -0.155. The van der Waals surface area contributed by atoms with Gasteiger partial charge in [-0.25, -0.2) is 0 Å². The van der Waals surface area contributed by atoms with Gasteiger partial charge in [-0.15, -0.1) is 0 Å². The first-order valence-corrected chi connectivity index (χ1v) is 10.7. The van der Waals surface area contributed by atoms with Gasteiger partial charge in [0.1, 0.15) is 0 Å². The van der Waals surface area contributed by atoms with Gasteiger partial charge >= 0.3 is 0 Å². The Labute approximate surface area is 167 Å². The first kappa shape index (κ1) is 19.0. The van der Waals surface area contributed by atoms with Gasteiger partial charge in [0, 0.05) is 5.02 Å². The van der Waals surface area contributed by atoms with E-state index in [0.29, 0.717) is 0 Å². The summed E-state index contributed by atoms with van der Waals surface area (Å²) >= 11 is 6.67. The molecular formula is C24H29ClO2. The van der Waals surface area contributed by atoms with Crippen LogP contribution in [0.4, 0.5) is 0 Å². The van der Waals surface area contributed by atoms with Crippen molar-refractivity contribution in [2.45, 2.75) is 70.0 Å². The SMILES string of the molecule is CCc1ccc(Cc2c(Cl)ccc3c2CCCC32CCCC(CO)O2)cc1. The normalized spacial score (nSPS) is 24.8. The summed E-state index contributed by atoms with van der Waals surface area (Å²) in [6.45, 7) is 2.30. The van der Waals surface area contributed by atoms with Crippen LogP contribution in [0, 0.1) is 0 Å². The third kappa shape index (κ3) is 3.68. The summed E-state index contributed by atoms with van der Waals surface area (Å²) in [5.41, 5.74) is 6.39. The van der Waals surface area contributed by atoms with Crippen molar-refractivity contribution in [3.05, 3.63) is 69.2 Å². The number of fused-ring (bicyclic) bond motifs is 2. The molecule has 0 bridgehead atoms. The minimum absolute atomic E-state index is 0.0367. The summed E-state index contributed by atoms with van der Waals surface area (Å²) in [7, 11) is 0. The Morgan fingerprint density at radius 3 is 2.56 bits per heavy atom. The molecule has 2 atom stereocenters. The quantitative estimate of drug-likeness (QED) is 0.744. The third-order valence-corrected chi connectivity index (χ3v) is 6.74. The van der Waals surface area contributed by atoms with Gasteiger partial charge in [-0.3, -0.25) is 0 Å². The van der Waals surface area contributed by atoms with Crippen LogP contribution in [-0.4, -0.2) is 17.8 Å². The Bertz CT molecular complexity index is 799. The van der Waals surface area contributed by atoms with E-state index in [1.165, 1.54) is 27.8 Å². The Morgan fingerprint density at radius 1 is 1.07 bits per heavy atom. The zero-order valence-electron chi connectivity index (χ0n) is 16.1. The number of benzene rings is 2. The highest BCUT2D eigenvalue weighted by atomic mass is 35.5. The summed E-state index contributed by atoms with van der Waals surface area (Å²) in [6, 6.07) is 13.1. The predicted molar refractivity (Wildman–Crippen MR) is 111 cm³/mol. The minimum atomic E-state index is -0.232. The Hall–Kier alpha value is -1.35. The van der Waals surface area contributed by atoms with E-state index < -0.39 is 0 Å². The van der Waals surface area contributed by atoms with Crippen molar-refractivity contribution < 1.29 is 9.84 Å². The Balaban J connectivity index is 1.70. The molecule has 3 heteroatoms. The summed E-state index contributed by atoms with van der Waals surface area (Å²) < 4.78 is 6.47. The molecule has 0 saturated carbocycles. The van der Waals surface area contributed by atoms with Crippen molar-refractivity contribution in [1.29, 1.82) is 0 Å². The lowest BCUT2D eigenvalue weighted by Crippen LogP contribution is -2.42. The van der Waals surface area contributed by atoms with Crippen molar-refractivity contribution in [3.63, 3.8) is 0 Å². The van der Waals surface area contributed by atoms with E-state index in [1.54, 1.807) is 0 Å². The second kappa shape index (κ2) is 7.95. The first-order valence-electron chi connectivity index (χ1n) is 10.3. The molecule has 27 heavy (non-hydrogen) atoms. The van der Waals surface area contributed by atoms with Gasteiger partial charge in [-0.2, -0.15) is 0 Å². The number of ether oxygens (including phenoxy) is 1. The number of aliphatic hydroxyl groups is 1. The van der Waals surface area contributed by atoms with Crippen molar-refractivity contribution >= 4 is 11.6 Å². The maximum Gasteiger partial charge on any atom is 0.0939 e. The molecular weight excluding hydrogens is 356 g/mol. The second-order valence-corrected chi connectivity index (χ2v) is 8.47. The molecule has 1 N–H and O–H groups in total. The van der Waals surface area contributed by atoms with Gasteiger partial charge in [0.15, 0.2) is 0 Å². The van der Waals surface area contributed by atoms with E-state index in [1.807, 2.05) is 0 Å². The highest BCUT2D eigenvalue weighted by molar-refractivity contribution is 6.31. The van der Waals surface area contributed by atoms with Gasteiger partial charge in [-0.05, 0) is 85.3 Å². The number of aliphatic hydroxyl groups excluding tert-OH is 1. The molecule has 1 saturated heterocycles. The predicted octanol–water partition coefficient (Wildman–Crippen LogP) is 5.59. The molecule has 1 aliphatic heterocycles. The lowest BCUT2D eigenvalue weighted by Gasteiger charge is -2.45. The lowest BCUT2D eigenvalue weighted by atomic mass is 9.73. The molecule has 1 spiro atoms. The fraction of sp³-hybridized carbons (Fsp3) is 0.500. The van der Waals surface area contributed by atoms with E-state index in [2.05, 4.69) is 43.3 Å². The van der Waals surface area contributed by atoms with Crippen LogP contribution in [0.3, 0.4) is 0 Å². The number of hydrogen-bond acceptors (Lipinski definition) is 2. The maximum atomic E-state index is 9.64. The van der Waals surface area contributed by atoms with E-state index in [0.717, 1.165) is 56.4 Å². The number of rotatable bonds is 4. The summed E-state index contributed by atoms with van der Waals surface area (Å²) in [4.78, 5) is 0. The molecule has 144 valence electrons. The van der Waals surface area contributed by atoms with Crippen molar-refractivity contribution in [2.75, 3.05) is 6.61 Å². The van der Waals surface area contributed by atoms with Crippen LogP contribution in [0.2, 0.25) is 5.02 Å². The zero-order chi connectivity index (χ0) is 18.9. The minimum Gasteiger partial charge on any atom is -0.394 e. The molecule has 2 aromatic rings. The standard InChI is InChI=1S/C24H29ClO2/c1-2-17-7-9-18(10-8-17)15-21-20-6-4-14-24(22(20)11-12-23(21)25)13-3-5-19(16-26)27-24/h7-12,19,26H,2-6,13-16H2,1H3. The van der Waals surface area contributed by atoms with Crippen LogP contribution in [0.25, 0.3) is 0 Å². The molecule has 0 radical (unpaired) electrons. The monoisotopic (exact) mass is 384 g/mol. The van der Waals surface area contributed by atoms with Crippen LogP contribution < -0.4 is 0 Å². The van der Waals surface area contributed by atoms with Crippen molar-refractivity contribution in [3.8, 4) is 0 Å². The third-order valence-electron chi connectivity index (χ3n) is 6.39. The van der Waals surface area contributed by atoms with Crippen LogP contribution >= 0.6 is 11.6 Å². The average molecular weight is 385 g/mol. The van der Waals surface area contributed by atoms with Gasteiger partial charge in [0.25, 0.3) is 0 Å². The zero-order valence-corrected chi connectivity index (χ0v) is 16.9. The van der Waals surface area contributed by atoms with Crippen LogP contribution in [-0.2, 0) is 29.6 Å². The van der Waals surface area contributed by atoms with Crippen LogP contribution in [0.15, 0.2) is 36.4 Å². The Kier molecular flexibility index (Phi) is 5.59. The smallest absolute Gasteiger partial charge is 0.0939 e. The summed E-state index contributed by atoms with van der Waals surface area (Å²) in [6.07, 6.45) is 8.23. The van der Waals surface area contributed by atoms with Gasteiger partial charge < -0.3 is 9.84 Å². The fourth-order valence-electron chi connectivity index (χ4n) is 4.91. The van der Waals surface area contributed by atoms with Gasteiger partial charge in [0.2, 0.25) is 0 Å². The molecule has 1 aliphatic carbocycles. The van der Waals surface area contributed by atoms with E-state index >= 15 is 0 Å². The Morgan fingerprint density at radius 2 is 1.81 bits per heavy atom. The largest absolute Gasteiger partial charge is 0.394 e. The number of hydrogen-bond donors (Lipinski definition) is 1. The highest BCUT2D eigenvalue weighted by Crippen LogP contribution is 2.47. The molecule has 2 unspecified atom stereocenters. The molecule has 0 amide bonds. The first-order chi connectivity index (χ1) is 13.1. The molecule has 2 aliphatic rings. The van der Waals surface area contributed by atoms with E-state index in [4.69, 9.17) is 16.3 Å². The fourth-order valence-corrected chi connectivity index (χ4v) is 5.16. The average Bonchev–Trinajstić information content (AvgIpc) is 2.71. The number of halogens is 1.